The molecule has 0 aliphatic carbocycles. The molecule has 1 aliphatic rings. The summed E-state index contributed by atoms with van der Waals surface area (Å²) in [4.78, 5) is 13.4. The van der Waals surface area contributed by atoms with Gasteiger partial charge in [-0.05, 0) is 13.1 Å². The lowest BCUT2D eigenvalue weighted by atomic mass is 10.1. The molecule has 1 saturated heterocycles. The van der Waals surface area contributed by atoms with Crippen LogP contribution in [0.25, 0.3) is 0 Å². The second kappa shape index (κ2) is 5.84. The molecule has 1 atom stereocenters. The Balaban J connectivity index is 2.14. The fourth-order valence-electron chi connectivity index (χ4n) is 2.01. The summed E-state index contributed by atoms with van der Waals surface area (Å²) >= 11 is 0. The van der Waals surface area contributed by atoms with Crippen LogP contribution in [-0.2, 0) is 9.53 Å². The standard InChI is InChI=1S/C13H18N2O3/c1-15-9-12(16)14-13(15)10-5-3-4-6-11(10)18-8-7-17-2/h3-6,13H,7-9H2,1-2H3,(H,14,16). The summed E-state index contributed by atoms with van der Waals surface area (Å²) in [6.07, 6.45) is -0.115. The first-order valence-electron chi connectivity index (χ1n) is 5.92. The molecule has 2 rings (SSSR count). The molecule has 1 N–H and O–H groups in total. The molecular weight excluding hydrogens is 232 g/mol. The van der Waals surface area contributed by atoms with Crippen molar-refractivity contribution >= 4 is 5.91 Å². The number of nitrogens with one attached hydrogen (secondary N) is 1. The number of ether oxygens (including phenoxy) is 2. The lowest BCUT2D eigenvalue weighted by Gasteiger charge is -2.21. The SMILES string of the molecule is COCCOc1ccccc1C1NC(=O)CN1C. The summed E-state index contributed by atoms with van der Waals surface area (Å²) in [7, 11) is 3.55. The Labute approximate surface area is 107 Å². The fraction of sp³-hybridized carbons (Fsp3) is 0.462. The Morgan fingerprint density at radius 1 is 1.39 bits per heavy atom. The van der Waals surface area contributed by atoms with Gasteiger partial charge in [0.2, 0.25) is 5.91 Å². The predicted octanol–water partition coefficient (Wildman–Crippen LogP) is 0.772. The van der Waals surface area contributed by atoms with Gasteiger partial charge in [-0.25, -0.2) is 0 Å². The summed E-state index contributed by atoms with van der Waals surface area (Å²) in [6.45, 7) is 1.45. The van der Waals surface area contributed by atoms with E-state index in [9.17, 15) is 4.79 Å². The zero-order chi connectivity index (χ0) is 13.0. The van der Waals surface area contributed by atoms with Crippen molar-refractivity contribution in [2.75, 3.05) is 33.9 Å². The van der Waals surface area contributed by atoms with E-state index >= 15 is 0 Å². The summed E-state index contributed by atoms with van der Waals surface area (Å²) in [6, 6.07) is 7.73. The zero-order valence-corrected chi connectivity index (χ0v) is 10.7. The van der Waals surface area contributed by atoms with Gasteiger partial charge in [0.15, 0.2) is 0 Å². The maximum Gasteiger partial charge on any atom is 0.235 e. The number of rotatable bonds is 5. The second-order valence-corrected chi connectivity index (χ2v) is 4.26. The van der Waals surface area contributed by atoms with Crippen LogP contribution < -0.4 is 10.1 Å². The molecule has 0 radical (unpaired) electrons. The van der Waals surface area contributed by atoms with E-state index in [0.717, 1.165) is 11.3 Å². The van der Waals surface area contributed by atoms with Crippen molar-refractivity contribution in [3.63, 3.8) is 0 Å². The van der Waals surface area contributed by atoms with Crippen molar-refractivity contribution in [1.82, 2.24) is 10.2 Å². The Kier molecular flexibility index (Phi) is 4.17. The molecule has 5 heteroatoms. The van der Waals surface area contributed by atoms with Crippen LogP contribution in [0.2, 0.25) is 0 Å². The van der Waals surface area contributed by atoms with Gasteiger partial charge >= 0.3 is 0 Å². The van der Waals surface area contributed by atoms with Gasteiger partial charge in [0.1, 0.15) is 18.5 Å². The van der Waals surface area contributed by atoms with E-state index in [1.54, 1.807) is 7.11 Å². The van der Waals surface area contributed by atoms with Crippen LogP contribution in [0, 0.1) is 0 Å². The molecule has 1 unspecified atom stereocenters. The van der Waals surface area contributed by atoms with E-state index in [1.807, 2.05) is 36.2 Å². The lowest BCUT2D eigenvalue weighted by molar-refractivity contribution is -0.118. The fourth-order valence-corrected chi connectivity index (χ4v) is 2.01. The van der Waals surface area contributed by atoms with Crippen molar-refractivity contribution < 1.29 is 14.3 Å². The molecule has 1 aliphatic heterocycles. The zero-order valence-electron chi connectivity index (χ0n) is 10.7. The van der Waals surface area contributed by atoms with Crippen LogP contribution in [-0.4, -0.2) is 44.7 Å². The molecule has 5 nitrogen and oxygen atoms in total. The monoisotopic (exact) mass is 250 g/mol. The third-order valence-electron chi connectivity index (χ3n) is 2.89. The highest BCUT2D eigenvalue weighted by Crippen LogP contribution is 2.28. The molecule has 1 aromatic carbocycles. The number of nitrogens with zero attached hydrogens (tertiary/aromatic N) is 1. The van der Waals surface area contributed by atoms with Crippen LogP contribution in [0.1, 0.15) is 11.7 Å². The first kappa shape index (κ1) is 12.9. The van der Waals surface area contributed by atoms with Gasteiger partial charge in [-0.3, -0.25) is 9.69 Å². The average Bonchev–Trinajstić information content (AvgIpc) is 2.69. The van der Waals surface area contributed by atoms with Crippen LogP contribution in [0.15, 0.2) is 24.3 Å². The minimum Gasteiger partial charge on any atom is -0.491 e. The van der Waals surface area contributed by atoms with Gasteiger partial charge in [-0.1, -0.05) is 18.2 Å². The minimum atomic E-state index is -0.115. The van der Waals surface area contributed by atoms with Crippen molar-refractivity contribution in [3.05, 3.63) is 29.8 Å². The number of carbonyl (C=O) groups is 1. The van der Waals surface area contributed by atoms with Crippen LogP contribution in [0.4, 0.5) is 0 Å². The summed E-state index contributed by atoms with van der Waals surface area (Å²) in [5.41, 5.74) is 0.974. The maximum absolute atomic E-state index is 11.4. The van der Waals surface area contributed by atoms with Gasteiger partial charge in [0, 0.05) is 12.7 Å². The van der Waals surface area contributed by atoms with Crippen molar-refractivity contribution in [2.45, 2.75) is 6.17 Å². The van der Waals surface area contributed by atoms with E-state index in [0.29, 0.717) is 19.8 Å². The third-order valence-corrected chi connectivity index (χ3v) is 2.89. The summed E-state index contributed by atoms with van der Waals surface area (Å²) in [5.74, 6) is 0.822. The van der Waals surface area contributed by atoms with Gasteiger partial charge in [-0.15, -0.1) is 0 Å². The number of carbonyl (C=O) groups excluding carboxylic acids is 1. The Hall–Kier alpha value is -1.59. The van der Waals surface area contributed by atoms with Crippen LogP contribution in [0.5, 0.6) is 5.75 Å². The van der Waals surface area contributed by atoms with E-state index in [-0.39, 0.29) is 12.1 Å². The molecule has 0 bridgehead atoms. The van der Waals surface area contributed by atoms with E-state index in [2.05, 4.69) is 5.32 Å². The number of likely N-dealkylation sites (N-methyl/N-ethyl adjacent to an activating group) is 1. The summed E-state index contributed by atoms with van der Waals surface area (Å²) in [5, 5.41) is 2.93. The number of hydrogen-bond donors (Lipinski definition) is 1. The molecular formula is C13H18N2O3. The first-order valence-corrected chi connectivity index (χ1v) is 5.92. The smallest absolute Gasteiger partial charge is 0.235 e. The van der Waals surface area contributed by atoms with Gasteiger partial charge < -0.3 is 14.8 Å². The van der Waals surface area contributed by atoms with Gasteiger partial charge in [0.25, 0.3) is 0 Å². The highest BCUT2D eigenvalue weighted by atomic mass is 16.5. The number of methoxy groups -OCH3 is 1. The largest absolute Gasteiger partial charge is 0.491 e. The quantitative estimate of drug-likeness (QED) is 0.784. The highest BCUT2D eigenvalue weighted by Gasteiger charge is 2.29. The van der Waals surface area contributed by atoms with Crippen molar-refractivity contribution in [3.8, 4) is 5.75 Å². The number of para-hydroxylation sites is 1. The molecule has 1 heterocycles. The Bertz CT molecular complexity index is 422. The molecule has 1 amide bonds. The number of benzene rings is 1. The van der Waals surface area contributed by atoms with Crippen LogP contribution in [0.3, 0.4) is 0 Å². The minimum absolute atomic E-state index is 0.0363. The van der Waals surface area contributed by atoms with E-state index < -0.39 is 0 Å². The molecule has 98 valence electrons. The predicted molar refractivity (Wildman–Crippen MR) is 67.3 cm³/mol. The molecule has 0 spiro atoms. The van der Waals surface area contributed by atoms with E-state index in [4.69, 9.17) is 9.47 Å². The third kappa shape index (κ3) is 2.80. The van der Waals surface area contributed by atoms with Crippen molar-refractivity contribution in [1.29, 1.82) is 0 Å². The lowest BCUT2D eigenvalue weighted by Crippen LogP contribution is -2.25. The summed E-state index contributed by atoms with van der Waals surface area (Å²) < 4.78 is 10.6. The maximum atomic E-state index is 11.4. The normalized spacial score (nSPS) is 19.9. The molecule has 18 heavy (non-hydrogen) atoms. The van der Waals surface area contributed by atoms with Crippen LogP contribution >= 0.6 is 0 Å². The van der Waals surface area contributed by atoms with Gasteiger partial charge in [-0.2, -0.15) is 0 Å². The molecule has 0 aromatic heterocycles. The topological polar surface area (TPSA) is 50.8 Å². The second-order valence-electron chi connectivity index (χ2n) is 4.26. The highest BCUT2D eigenvalue weighted by molar-refractivity contribution is 5.80. The molecule has 1 fully saturated rings. The van der Waals surface area contributed by atoms with E-state index in [1.165, 1.54) is 0 Å². The first-order chi connectivity index (χ1) is 8.72. The molecule has 0 saturated carbocycles. The Morgan fingerprint density at radius 3 is 2.83 bits per heavy atom. The molecule has 1 aromatic rings. The van der Waals surface area contributed by atoms with Gasteiger partial charge in [0.05, 0.1) is 13.2 Å². The Morgan fingerprint density at radius 2 is 2.17 bits per heavy atom. The number of hydrogen-bond acceptors (Lipinski definition) is 4. The number of amides is 1. The van der Waals surface area contributed by atoms with Crippen molar-refractivity contribution in [2.24, 2.45) is 0 Å². The average molecular weight is 250 g/mol.